The fourth-order valence-electron chi connectivity index (χ4n) is 3.89. The van der Waals surface area contributed by atoms with E-state index >= 15 is 0 Å². The van der Waals surface area contributed by atoms with E-state index in [2.05, 4.69) is 15.4 Å². The van der Waals surface area contributed by atoms with Crippen LogP contribution in [0.2, 0.25) is 5.02 Å². The molecule has 13 heteroatoms. The highest BCUT2D eigenvalue weighted by molar-refractivity contribution is 6.31. The van der Waals surface area contributed by atoms with E-state index in [0.717, 1.165) is 23.4 Å². The zero-order valence-electron chi connectivity index (χ0n) is 18.9. The number of aromatic amines is 1. The van der Waals surface area contributed by atoms with Crippen molar-refractivity contribution in [1.29, 1.82) is 0 Å². The Labute approximate surface area is 211 Å². The molecule has 196 valence electrons. The summed E-state index contributed by atoms with van der Waals surface area (Å²) in [4.78, 5) is 16.0. The van der Waals surface area contributed by atoms with Gasteiger partial charge in [0, 0.05) is 12.2 Å². The molecule has 2 aromatic heterocycles. The zero-order chi connectivity index (χ0) is 26.8. The zero-order valence-corrected chi connectivity index (χ0v) is 19.6. The number of H-pyrrole nitrogens is 1. The van der Waals surface area contributed by atoms with Gasteiger partial charge in [0.05, 0.1) is 17.3 Å². The lowest BCUT2D eigenvalue weighted by molar-refractivity contribution is -0.141. The lowest BCUT2D eigenvalue weighted by Gasteiger charge is -2.25. The van der Waals surface area contributed by atoms with Crippen LogP contribution in [0, 0.1) is 0 Å². The number of benzene rings is 1. The lowest BCUT2D eigenvalue weighted by Crippen LogP contribution is -2.37. The SMILES string of the molecule is O=C(NC1CCC(=Cc2cccc(Oc3ncc(C(F)(F)F)cc3Cl)c2)CC1)c1cn[nH]c1C(F)(F)F. The van der Waals surface area contributed by atoms with Crippen molar-refractivity contribution in [2.75, 3.05) is 0 Å². The third kappa shape index (κ3) is 6.62. The number of hydrogen-bond acceptors (Lipinski definition) is 4. The molecule has 1 fully saturated rings. The maximum absolute atomic E-state index is 13.0. The summed E-state index contributed by atoms with van der Waals surface area (Å²) in [5, 5.41) is 7.51. The van der Waals surface area contributed by atoms with Crippen LogP contribution in [0.15, 0.2) is 48.3 Å². The first-order chi connectivity index (χ1) is 17.4. The van der Waals surface area contributed by atoms with Crippen LogP contribution in [0.1, 0.15) is 52.9 Å². The summed E-state index contributed by atoms with van der Waals surface area (Å²) in [7, 11) is 0. The number of alkyl halides is 6. The molecule has 0 atom stereocenters. The molecule has 2 N–H and O–H groups in total. The van der Waals surface area contributed by atoms with Crippen LogP contribution < -0.4 is 10.1 Å². The predicted molar refractivity (Wildman–Crippen MR) is 122 cm³/mol. The van der Waals surface area contributed by atoms with Crippen LogP contribution in [-0.4, -0.2) is 27.1 Å². The molecule has 3 aromatic rings. The molecule has 0 spiro atoms. The van der Waals surface area contributed by atoms with Gasteiger partial charge in [0.2, 0.25) is 5.88 Å². The number of halogens is 7. The summed E-state index contributed by atoms with van der Waals surface area (Å²) in [5.41, 5.74) is -0.885. The van der Waals surface area contributed by atoms with E-state index in [0.29, 0.717) is 37.6 Å². The topological polar surface area (TPSA) is 79.9 Å². The Hall–Kier alpha value is -3.54. The predicted octanol–water partition coefficient (Wildman–Crippen LogP) is 7.04. The summed E-state index contributed by atoms with van der Waals surface area (Å²) in [6.45, 7) is 0. The first-order valence-electron chi connectivity index (χ1n) is 11.0. The van der Waals surface area contributed by atoms with Crippen LogP contribution in [0.3, 0.4) is 0 Å². The number of carbonyl (C=O) groups excluding carboxylic acids is 1. The Balaban J connectivity index is 1.36. The molecule has 0 unspecified atom stereocenters. The molecule has 1 aliphatic rings. The summed E-state index contributed by atoms with van der Waals surface area (Å²) in [6, 6.07) is 7.25. The van der Waals surface area contributed by atoms with Crippen molar-refractivity contribution in [2.45, 2.75) is 44.1 Å². The second-order valence-electron chi connectivity index (χ2n) is 8.39. The highest BCUT2D eigenvalue weighted by Gasteiger charge is 2.38. The van der Waals surface area contributed by atoms with Crippen LogP contribution in [-0.2, 0) is 12.4 Å². The summed E-state index contributed by atoms with van der Waals surface area (Å²) in [5.74, 6) is -0.675. The third-order valence-electron chi connectivity index (χ3n) is 5.71. The Morgan fingerprint density at radius 2 is 1.81 bits per heavy atom. The largest absolute Gasteiger partial charge is 0.438 e. The number of aromatic nitrogens is 3. The number of ether oxygens (including phenoxy) is 1. The van der Waals surface area contributed by atoms with Gasteiger partial charge in [-0.25, -0.2) is 4.98 Å². The van der Waals surface area contributed by atoms with Gasteiger partial charge in [0.25, 0.3) is 5.91 Å². The minimum atomic E-state index is -4.71. The van der Waals surface area contributed by atoms with E-state index < -0.39 is 35.1 Å². The van der Waals surface area contributed by atoms with Gasteiger partial charge in [0.1, 0.15) is 10.8 Å². The van der Waals surface area contributed by atoms with Crippen LogP contribution in [0.4, 0.5) is 26.3 Å². The molecular weight excluding hydrogens is 526 g/mol. The van der Waals surface area contributed by atoms with Crippen molar-refractivity contribution in [3.05, 3.63) is 75.7 Å². The average molecular weight is 545 g/mol. The number of pyridine rings is 1. The van der Waals surface area contributed by atoms with Gasteiger partial charge in [-0.1, -0.05) is 35.4 Å². The maximum Gasteiger partial charge on any atom is 0.433 e. The molecule has 0 bridgehead atoms. The second kappa shape index (κ2) is 10.4. The van der Waals surface area contributed by atoms with Crippen molar-refractivity contribution >= 4 is 23.6 Å². The van der Waals surface area contributed by atoms with Gasteiger partial charge in [-0.3, -0.25) is 9.89 Å². The van der Waals surface area contributed by atoms with Crippen LogP contribution in [0.5, 0.6) is 11.6 Å². The summed E-state index contributed by atoms with van der Waals surface area (Å²) in [6.07, 6.45) is -3.57. The standard InChI is InChI=1S/C24H19ClF6N4O2/c25-19-10-15(23(26,27)28)11-32-22(19)37-17-3-1-2-14(9-17)8-13-4-6-16(7-5-13)34-21(36)18-12-33-35-20(18)24(29,30)31/h1-3,8-12,16H,4-7H2,(H,33,35)(H,34,36). The molecule has 37 heavy (non-hydrogen) atoms. The monoisotopic (exact) mass is 544 g/mol. The fourth-order valence-corrected chi connectivity index (χ4v) is 4.09. The highest BCUT2D eigenvalue weighted by Crippen LogP contribution is 2.35. The molecular formula is C24H19ClF6N4O2. The molecule has 6 nitrogen and oxygen atoms in total. The van der Waals surface area contributed by atoms with E-state index in [1.165, 1.54) is 0 Å². The first kappa shape index (κ1) is 26.5. The van der Waals surface area contributed by atoms with Crippen molar-refractivity contribution < 1.29 is 35.9 Å². The molecule has 4 rings (SSSR count). The Kier molecular flexibility index (Phi) is 7.49. The smallest absolute Gasteiger partial charge is 0.433 e. The van der Waals surface area contributed by atoms with Crippen molar-refractivity contribution in [2.24, 2.45) is 0 Å². The molecule has 1 aliphatic carbocycles. The fraction of sp³-hybridized carbons (Fsp3) is 0.292. The molecule has 1 saturated carbocycles. The van der Waals surface area contributed by atoms with Crippen molar-refractivity contribution in [3.8, 4) is 11.6 Å². The minimum absolute atomic E-state index is 0.165. The van der Waals surface area contributed by atoms with Gasteiger partial charge < -0.3 is 10.1 Å². The maximum atomic E-state index is 13.0. The van der Waals surface area contributed by atoms with E-state index in [1.54, 1.807) is 18.2 Å². The van der Waals surface area contributed by atoms with E-state index in [1.807, 2.05) is 17.2 Å². The Bertz CT molecular complexity index is 1310. The molecule has 0 aliphatic heterocycles. The molecule has 2 heterocycles. The number of allylic oxidation sites excluding steroid dienone is 1. The van der Waals surface area contributed by atoms with Gasteiger partial charge >= 0.3 is 12.4 Å². The number of nitrogens with one attached hydrogen (secondary N) is 2. The highest BCUT2D eigenvalue weighted by atomic mass is 35.5. The third-order valence-corrected chi connectivity index (χ3v) is 5.98. The number of hydrogen-bond donors (Lipinski definition) is 2. The quantitative estimate of drug-likeness (QED) is 0.338. The van der Waals surface area contributed by atoms with Crippen LogP contribution >= 0.6 is 11.6 Å². The van der Waals surface area contributed by atoms with E-state index in [4.69, 9.17) is 16.3 Å². The number of nitrogens with zero attached hydrogens (tertiary/aromatic N) is 2. The molecule has 1 aromatic carbocycles. The second-order valence-corrected chi connectivity index (χ2v) is 8.80. The first-order valence-corrected chi connectivity index (χ1v) is 11.4. The van der Waals surface area contributed by atoms with Crippen molar-refractivity contribution in [3.63, 3.8) is 0 Å². The Morgan fingerprint density at radius 1 is 1.08 bits per heavy atom. The minimum Gasteiger partial charge on any atom is -0.438 e. The molecule has 0 radical (unpaired) electrons. The van der Waals surface area contributed by atoms with Gasteiger partial charge in [-0.2, -0.15) is 31.4 Å². The van der Waals surface area contributed by atoms with Crippen LogP contribution in [0.25, 0.3) is 6.08 Å². The summed E-state index contributed by atoms with van der Waals surface area (Å²) >= 11 is 5.90. The molecule has 1 amide bonds. The lowest BCUT2D eigenvalue weighted by atomic mass is 9.89. The number of amides is 1. The Morgan fingerprint density at radius 3 is 2.46 bits per heavy atom. The average Bonchev–Trinajstić information content (AvgIpc) is 3.32. The number of rotatable bonds is 5. The van der Waals surface area contributed by atoms with E-state index in [-0.39, 0.29) is 16.9 Å². The number of carbonyl (C=O) groups is 1. The summed E-state index contributed by atoms with van der Waals surface area (Å²) < 4.78 is 82.9. The van der Waals surface area contributed by atoms with Gasteiger partial charge in [0.15, 0.2) is 5.69 Å². The van der Waals surface area contributed by atoms with E-state index in [9.17, 15) is 31.1 Å². The van der Waals surface area contributed by atoms with Gasteiger partial charge in [-0.15, -0.1) is 0 Å². The van der Waals surface area contributed by atoms with Gasteiger partial charge in [-0.05, 0) is 49.4 Å². The van der Waals surface area contributed by atoms with Crippen molar-refractivity contribution in [1.82, 2.24) is 20.5 Å². The molecule has 0 saturated heterocycles. The normalized spacial score (nSPS) is 16.4.